The van der Waals surface area contributed by atoms with Crippen molar-refractivity contribution >= 4 is 27.3 Å². The zero-order valence-corrected chi connectivity index (χ0v) is 19.3. The van der Waals surface area contributed by atoms with Crippen LogP contribution >= 0.6 is 0 Å². The minimum absolute atomic E-state index is 0.118. The van der Waals surface area contributed by atoms with Crippen LogP contribution < -0.4 is 4.90 Å². The highest BCUT2D eigenvalue weighted by molar-refractivity contribution is 7.89. The topological polar surface area (TPSA) is 128 Å². The number of piperazine rings is 1. The van der Waals surface area contributed by atoms with E-state index in [1.165, 1.54) is 22.5 Å². The molecule has 1 aliphatic rings. The van der Waals surface area contributed by atoms with E-state index in [-0.39, 0.29) is 29.6 Å². The molecule has 1 amide bonds. The highest BCUT2D eigenvalue weighted by Gasteiger charge is 2.30. The van der Waals surface area contributed by atoms with Gasteiger partial charge in [-0.1, -0.05) is 19.9 Å². The molecule has 11 heteroatoms. The Morgan fingerprint density at radius 1 is 1.12 bits per heavy atom. The molecule has 3 rings (SSSR count). The smallest absolute Gasteiger partial charge is 0.293 e. The first kappa shape index (κ1) is 24.2. The second-order valence-corrected chi connectivity index (χ2v) is 9.41. The van der Waals surface area contributed by atoms with Gasteiger partial charge in [-0.3, -0.25) is 14.9 Å². The van der Waals surface area contributed by atoms with Crippen molar-refractivity contribution in [2.45, 2.75) is 18.7 Å². The van der Waals surface area contributed by atoms with Crippen molar-refractivity contribution in [2.75, 3.05) is 44.2 Å². The number of sulfonamides is 1. The minimum atomic E-state index is -3.83. The number of carbonyl (C=O) groups excluding carboxylic acids is 1. The molecule has 2 aromatic rings. The maximum atomic E-state index is 12.8. The Labute approximate surface area is 192 Å². The third-order valence-electron chi connectivity index (χ3n) is 5.63. The van der Waals surface area contributed by atoms with E-state index >= 15 is 0 Å². The zero-order valence-electron chi connectivity index (χ0n) is 18.5. The first-order chi connectivity index (χ1) is 15.7. The number of rotatable bonds is 7. The quantitative estimate of drug-likeness (QED) is 0.448. The van der Waals surface area contributed by atoms with Crippen LogP contribution in [0.2, 0.25) is 0 Å². The van der Waals surface area contributed by atoms with Gasteiger partial charge >= 0.3 is 0 Å². The normalized spacial score (nSPS) is 14.2. The Bertz CT molecular complexity index is 1200. The summed E-state index contributed by atoms with van der Waals surface area (Å²) in [5.41, 5.74) is 0.844. The molecule has 0 spiro atoms. The van der Waals surface area contributed by atoms with Crippen LogP contribution in [0.25, 0.3) is 0 Å². The molecule has 0 atom stereocenters. The van der Waals surface area contributed by atoms with Gasteiger partial charge in [-0.05, 0) is 30.3 Å². The molecule has 0 aliphatic carbocycles. The average molecular weight is 472 g/mol. The van der Waals surface area contributed by atoms with E-state index in [2.05, 4.69) is 0 Å². The highest BCUT2D eigenvalue weighted by Crippen LogP contribution is 2.32. The molecule has 0 unspecified atom stereocenters. The highest BCUT2D eigenvalue weighted by atomic mass is 32.2. The lowest BCUT2D eigenvalue weighted by Gasteiger charge is -2.36. The molecule has 0 bridgehead atoms. The fraction of sp³-hybridized carbons (Fsp3) is 0.364. The zero-order chi connectivity index (χ0) is 24.2. The molecule has 33 heavy (non-hydrogen) atoms. The van der Waals surface area contributed by atoms with Crippen LogP contribution in [0.3, 0.4) is 0 Å². The van der Waals surface area contributed by atoms with Gasteiger partial charge in [0.15, 0.2) is 0 Å². The lowest BCUT2D eigenvalue weighted by Crippen LogP contribution is -2.49. The van der Waals surface area contributed by atoms with Gasteiger partial charge in [0.1, 0.15) is 5.69 Å². The summed E-state index contributed by atoms with van der Waals surface area (Å²) in [7, 11) is -3.83. The van der Waals surface area contributed by atoms with E-state index in [1.54, 1.807) is 41.8 Å². The minimum Gasteiger partial charge on any atom is -0.362 e. The van der Waals surface area contributed by atoms with Crippen LogP contribution in [0.5, 0.6) is 0 Å². The summed E-state index contributed by atoms with van der Waals surface area (Å²) < 4.78 is 26.8. The van der Waals surface area contributed by atoms with Crippen molar-refractivity contribution in [3.05, 3.63) is 63.7 Å². The summed E-state index contributed by atoms with van der Waals surface area (Å²) in [5.74, 6) is -0.207. The number of nitrogens with zero attached hydrogens (tertiary/aromatic N) is 5. The van der Waals surface area contributed by atoms with Crippen molar-refractivity contribution in [3.63, 3.8) is 0 Å². The molecule has 0 aromatic heterocycles. The first-order valence-corrected chi connectivity index (χ1v) is 12.0. The number of carbonyl (C=O) groups is 1. The number of hydrogen-bond donors (Lipinski definition) is 0. The van der Waals surface area contributed by atoms with Crippen molar-refractivity contribution in [2.24, 2.45) is 0 Å². The Kier molecular flexibility index (Phi) is 7.30. The van der Waals surface area contributed by atoms with E-state index in [1.807, 2.05) is 6.07 Å². The molecule has 174 valence electrons. The average Bonchev–Trinajstić information content (AvgIpc) is 2.83. The predicted molar refractivity (Wildman–Crippen MR) is 122 cm³/mol. The van der Waals surface area contributed by atoms with E-state index in [0.29, 0.717) is 43.0 Å². The van der Waals surface area contributed by atoms with Crippen molar-refractivity contribution in [3.8, 4) is 6.07 Å². The van der Waals surface area contributed by atoms with Gasteiger partial charge in [-0.25, -0.2) is 8.42 Å². The molecule has 1 aliphatic heterocycles. The second kappa shape index (κ2) is 9.97. The molecule has 0 radical (unpaired) electrons. The van der Waals surface area contributed by atoms with Crippen LogP contribution in [0.1, 0.15) is 29.8 Å². The summed E-state index contributed by atoms with van der Waals surface area (Å²) in [5, 5.41) is 20.8. The Balaban J connectivity index is 1.80. The molecular formula is C22H25N5O5S. The number of anilines is 1. The molecule has 1 heterocycles. The third kappa shape index (κ3) is 4.97. The van der Waals surface area contributed by atoms with Gasteiger partial charge in [0.25, 0.3) is 11.6 Å². The monoisotopic (exact) mass is 471 g/mol. The number of amides is 1. The van der Waals surface area contributed by atoms with Crippen LogP contribution in [0.15, 0.2) is 47.4 Å². The number of nitro groups is 1. The lowest BCUT2D eigenvalue weighted by molar-refractivity contribution is -0.384. The van der Waals surface area contributed by atoms with Gasteiger partial charge in [-0.2, -0.15) is 9.57 Å². The van der Waals surface area contributed by atoms with Crippen molar-refractivity contribution < 1.29 is 18.1 Å². The molecular weight excluding hydrogens is 446 g/mol. The van der Waals surface area contributed by atoms with Crippen LogP contribution in [-0.4, -0.2) is 67.7 Å². The van der Waals surface area contributed by atoms with E-state index < -0.39 is 14.9 Å². The molecule has 1 fully saturated rings. The van der Waals surface area contributed by atoms with Crippen molar-refractivity contribution in [1.29, 1.82) is 5.26 Å². The van der Waals surface area contributed by atoms with Gasteiger partial charge in [-0.15, -0.1) is 0 Å². The third-order valence-corrected chi connectivity index (χ3v) is 7.68. The Morgan fingerprint density at radius 2 is 1.79 bits per heavy atom. The predicted octanol–water partition coefficient (Wildman–Crippen LogP) is 2.46. The summed E-state index contributed by atoms with van der Waals surface area (Å²) in [6.45, 7) is 5.34. The van der Waals surface area contributed by atoms with Gasteiger partial charge < -0.3 is 9.80 Å². The fourth-order valence-corrected chi connectivity index (χ4v) is 5.32. The van der Waals surface area contributed by atoms with Crippen LogP contribution in [0.4, 0.5) is 11.4 Å². The van der Waals surface area contributed by atoms with E-state index in [4.69, 9.17) is 5.26 Å². The van der Waals surface area contributed by atoms with Crippen molar-refractivity contribution in [1.82, 2.24) is 9.21 Å². The Morgan fingerprint density at radius 3 is 2.36 bits per heavy atom. The standard InChI is InChI=1S/C22H25N5O5S/c1-3-26(4-2)33(31,32)19-8-9-20(21(15-19)27(29)30)24-10-12-25(13-11-24)22(28)18-7-5-6-17(14-18)16-23/h5-9,14-15H,3-4,10-13H2,1-2H3. The number of nitro benzene ring substituents is 1. The first-order valence-electron chi connectivity index (χ1n) is 10.6. The SMILES string of the molecule is CCN(CC)S(=O)(=O)c1ccc(N2CCN(C(=O)c3cccc(C#N)c3)CC2)c([N+](=O)[O-])c1. The summed E-state index contributed by atoms with van der Waals surface area (Å²) in [6.07, 6.45) is 0. The second-order valence-electron chi connectivity index (χ2n) is 7.47. The van der Waals surface area contributed by atoms with Crippen LogP contribution in [0, 0.1) is 21.4 Å². The number of nitriles is 1. The van der Waals surface area contributed by atoms with E-state index in [0.717, 1.165) is 6.07 Å². The molecule has 0 N–H and O–H groups in total. The molecule has 10 nitrogen and oxygen atoms in total. The van der Waals surface area contributed by atoms with E-state index in [9.17, 15) is 23.3 Å². The maximum absolute atomic E-state index is 12.8. The molecule has 1 saturated heterocycles. The Hall–Kier alpha value is -3.49. The summed E-state index contributed by atoms with van der Waals surface area (Å²) in [4.78, 5) is 27.2. The fourth-order valence-electron chi connectivity index (χ4n) is 3.84. The van der Waals surface area contributed by atoms with Gasteiger partial charge in [0.2, 0.25) is 10.0 Å². The van der Waals surface area contributed by atoms with Gasteiger partial charge in [0.05, 0.1) is 21.5 Å². The largest absolute Gasteiger partial charge is 0.362 e. The number of benzene rings is 2. The summed E-state index contributed by atoms with van der Waals surface area (Å²) >= 11 is 0. The molecule has 0 saturated carbocycles. The lowest BCUT2D eigenvalue weighted by atomic mass is 10.1. The molecule has 2 aromatic carbocycles. The van der Waals surface area contributed by atoms with Crippen LogP contribution in [-0.2, 0) is 10.0 Å². The van der Waals surface area contributed by atoms with Gasteiger partial charge in [0, 0.05) is 50.9 Å². The summed E-state index contributed by atoms with van der Waals surface area (Å²) in [6, 6.07) is 12.4. The maximum Gasteiger partial charge on any atom is 0.293 e. The number of hydrogen-bond acceptors (Lipinski definition) is 7.